The first-order valence-corrected chi connectivity index (χ1v) is 10.3. The van der Waals surface area contributed by atoms with Crippen LogP contribution in [0.25, 0.3) is 5.76 Å². The Hall–Kier alpha value is -3.93. The van der Waals surface area contributed by atoms with Crippen LogP contribution in [0, 0.1) is 12.7 Å². The van der Waals surface area contributed by atoms with E-state index in [1.807, 2.05) is 19.1 Å². The fraction of sp³-hybridized carbons (Fsp3) is 0.154. The molecule has 1 saturated heterocycles. The van der Waals surface area contributed by atoms with E-state index >= 15 is 0 Å². The first-order chi connectivity index (χ1) is 15.5. The highest BCUT2D eigenvalue weighted by Gasteiger charge is 2.47. The van der Waals surface area contributed by atoms with Crippen LogP contribution in [0.1, 0.15) is 28.3 Å². The summed E-state index contributed by atoms with van der Waals surface area (Å²) in [5.41, 5.74) is 2.72. The van der Waals surface area contributed by atoms with Gasteiger partial charge in [0.1, 0.15) is 17.3 Å². The zero-order valence-corrected chi connectivity index (χ0v) is 17.3. The van der Waals surface area contributed by atoms with Crippen LogP contribution in [0.4, 0.5) is 10.1 Å². The van der Waals surface area contributed by atoms with Gasteiger partial charge in [0.05, 0.1) is 18.2 Å². The number of Topliss-reactive ketones (excluding diaryl/α,β-unsaturated/α-hetero) is 1. The lowest BCUT2D eigenvalue weighted by Crippen LogP contribution is -2.29. The summed E-state index contributed by atoms with van der Waals surface area (Å²) in [4.78, 5) is 27.5. The van der Waals surface area contributed by atoms with Crippen LogP contribution in [0.2, 0.25) is 0 Å². The molecule has 6 heteroatoms. The van der Waals surface area contributed by atoms with E-state index in [2.05, 4.69) is 0 Å². The molecule has 3 aromatic carbocycles. The normalized spacial score (nSPS) is 19.2. The van der Waals surface area contributed by atoms with Gasteiger partial charge in [-0.2, -0.15) is 0 Å². The van der Waals surface area contributed by atoms with Crippen molar-refractivity contribution in [3.63, 3.8) is 0 Å². The number of amides is 1. The van der Waals surface area contributed by atoms with Gasteiger partial charge in [0.25, 0.3) is 11.7 Å². The SMILES string of the molecule is Cc1ccc(N2C(=O)C(=O)/C(=C(/O)c3ccc4c(c3)CCO4)C2c2ccccc2F)cc1. The van der Waals surface area contributed by atoms with Gasteiger partial charge in [0, 0.05) is 23.2 Å². The lowest BCUT2D eigenvalue weighted by Gasteiger charge is -2.26. The van der Waals surface area contributed by atoms with E-state index in [4.69, 9.17) is 4.74 Å². The molecule has 0 aromatic heterocycles. The second-order valence-corrected chi connectivity index (χ2v) is 7.95. The Morgan fingerprint density at radius 2 is 1.81 bits per heavy atom. The van der Waals surface area contributed by atoms with Gasteiger partial charge in [-0.25, -0.2) is 4.39 Å². The third kappa shape index (κ3) is 3.15. The van der Waals surface area contributed by atoms with Crippen molar-refractivity contribution < 1.29 is 23.8 Å². The molecule has 0 bridgehead atoms. The molecule has 5 rings (SSSR count). The van der Waals surface area contributed by atoms with Crippen molar-refractivity contribution in [3.05, 3.63) is 100 Å². The maximum atomic E-state index is 14.9. The van der Waals surface area contributed by atoms with Crippen molar-refractivity contribution in [1.82, 2.24) is 0 Å². The van der Waals surface area contributed by atoms with E-state index in [1.54, 1.807) is 36.4 Å². The second kappa shape index (κ2) is 7.64. The molecule has 1 N–H and O–H groups in total. The number of halogens is 1. The lowest BCUT2D eigenvalue weighted by molar-refractivity contribution is -0.132. The number of aryl methyl sites for hydroxylation is 1. The number of anilines is 1. The van der Waals surface area contributed by atoms with Gasteiger partial charge in [-0.05, 0) is 48.9 Å². The number of aliphatic hydroxyl groups excluding tert-OH is 1. The van der Waals surface area contributed by atoms with Crippen molar-refractivity contribution in [2.45, 2.75) is 19.4 Å². The number of fused-ring (bicyclic) bond motifs is 1. The average Bonchev–Trinajstić information content (AvgIpc) is 3.36. The quantitative estimate of drug-likeness (QED) is 0.373. The van der Waals surface area contributed by atoms with Crippen LogP contribution in [0.3, 0.4) is 0 Å². The number of carbonyl (C=O) groups is 2. The Morgan fingerprint density at radius 3 is 2.56 bits per heavy atom. The molecule has 5 nitrogen and oxygen atoms in total. The molecule has 1 fully saturated rings. The number of hydrogen-bond acceptors (Lipinski definition) is 4. The minimum absolute atomic E-state index is 0.137. The van der Waals surface area contributed by atoms with Crippen molar-refractivity contribution in [1.29, 1.82) is 0 Å². The van der Waals surface area contributed by atoms with Crippen LogP contribution in [-0.2, 0) is 16.0 Å². The minimum Gasteiger partial charge on any atom is -0.507 e. The molecule has 3 aromatic rings. The molecule has 0 radical (unpaired) electrons. The second-order valence-electron chi connectivity index (χ2n) is 7.95. The van der Waals surface area contributed by atoms with Crippen molar-refractivity contribution in [2.24, 2.45) is 0 Å². The maximum Gasteiger partial charge on any atom is 0.300 e. The number of ether oxygens (including phenoxy) is 1. The Balaban J connectivity index is 1.72. The molecule has 2 heterocycles. The standard InChI is InChI=1S/C26H20FNO4/c1-15-6-9-18(10-7-15)28-23(19-4-2-3-5-20(19)27)22(25(30)26(28)31)24(29)17-8-11-21-16(14-17)12-13-32-21/h2-11,14,23,29H,12-13H2,1H3/b24-22+. The molecule has 32 heavy (non-hydrogen) atoms. The Bertz CT molecular complexity index is 1280. The summed E-state index contributed by atoms with van der Waals surface area (Å²) in [7, 11) is 0. The van der Waals surface area contributed by atoms with Crippen LogP contribution < -0.4 is 9.64 Å². The van der Waals surface area contributed by atoms with Gasteiger partial charge < -0.3 is 9.84 Å². The first-order valence-electron chi connectivity index (χ1n) is 10.3. The Labute approximate surface area is 184 Å². The molecule has 2 aliphatic rings. The van der Waals surface area contributed by atoms with Gasteiger partial charge in [0.15, 0.2) is 0 Å². The average molecular weight is 429 g/mol. The van der Waals surface area contributed by atoms with E-state index in [9.17, 15) is 19.1 Å². The summed E-state index contributed by atoms with van der Waals surface area (Å²) in [6.07, 6.45) is 0.685. The number of nitrogens with zero attached hydrogens (tertiary/aromatic N) is 1. The van der Waals surface area contributed by atoms with Gasteiger partial charge in [-0.3, -0.25) is 14.5 Å². The van der Waals surface area contributed by atoms with Crippen LogP contribution >= 0.6 is 0 Å². The third-order valence-electron chi connectivity index (χ3n) is 5.92. The van der Waals surface area contributed by atoms with Crippen molar-refractivity contribution >= 4 is 23.1 Å². The molecule has 1 amide bonds. The summed E-state index contributed by atoms with van der Waals surface area (Å²) in [5.74, 6) is -1.83. The van der Waals surface area contributed by atoms with E-state index < -0.39 is 23.5 Å². The largest absolute Gasteiger partial charge is 0.507 e. The maximum absolute atomic E-state index is 14.9. The lowest BCUT2D eigenvalue weighted by atomic mass is 9.94. The summed E-state index contributed by atoms with van der Waals surface area (Å²) in [6, 6.07) is 17.0. The number of benzene rings is 3. The molecule has 0 saturated carbocycles. The highest BCUT2D eigenvalue weighted by Crippen LogP contribution is 2.43. The van der Waals surface area contributed by atoms with Gasteiger partial charge in [-0.1, -0.05) is 35.9 Å². The van der Waals surface area contributed by atoms with E-state index in [1.165, 1.54) is 23.1 Å². The van der Waals surface area contributed by atoms with Gasteiger partial charge in [0.2, 0.25) is 0 Å². The van der Waals surface area contributed by atoms with Gasteiger partial charge in [-0.15, -0.1) is 0 Å². The number of ketones is 1. The van der Waals surface area contributed by atoms with E-state index in [0.717, 1.165) is 16.9 Å². The zero-order valence-electron chi connectivity index (χ0n) is 17.3. The minimum atomic E-state index is -1.09. The Morgan fingerprint density at radius 1 is 1.06 bits per heavy atom. The number of aliphatic hydroxyl groups is 1. The summed E-state index contributed by atoms with van der Waals surface area (Å²) in [6.45, 7) is 2.45. The van der Waals surface area contributed by atoms with Crippen LogP contribution in [0.5, 0.6) is 5.75 Å². The number of rotatable bonds is 3. The van der Waals surface area contributed by atoms with E-state index in [-0.39, 0.29) is 16.9 Å². The fourth-order valence-electron chi connectivity index (χ4n) is 4.28. The highest BCUT2D eigenvalue weighted by molar-refractivity contribution is 6.51. The van der Waals surface area contributed by atoms with Gasteiger partial charge >= 0.3 is 0 Å². The molecule has 160 valence electrons. The predicted molar refractivity (Wildman–Crippen MR) is 118 cm³/mol. The molecule has 2 aliphatic heterocycles. The summed E-state index contributed by atoms with van der Waals surface area (Å²) >= 11 is 0. The molecule has 1 unspecified atom stereocenters. The molecule has 1 atom stereocenters. The highest BCUT2D eigenvalue weighted by atomic mass is 19.1. The summed E-state index contributed by atoms with van der Waals surface area (Å²) in [5, 5.41) is 11.2. The molecular weight excluding hydrogens is 409 g/mol. The number of hydrogen-bond donors (Lipinski definition) is 1. The van der Waals surface area contributed by atoms with E-state index in [0.29, 0.717) is 24.3 Å². The molecular formula is C26H20FNO4. The zero-order chi connectivity index (χ0) is 22.4. The number of carbonyl (C=O) groups excluding carboxylic acids is 2. The third-order valence-corrected chi connectivity index (χ3v) is 5.92. The smallest absolute Gasteiger partial charge is 0.300 e. The summed E-state index contributed by atoms with van der Waals surface area (Å²) < 4.78 is 20.4. The fourth-order valence-corrected chi connectivity index (χ4v) is 4.28. The van der Waals surface area contributed by atoms with Crippen molar-refractivity contribution in [3.8, 4) is 5.75 Å². The predicted octanol–water partition coefficient (Wildman–Crippen LogP) is 4.70. The van der Waals surface area contributed by atoms with Crippen molar-refractivity contribution in [2.75, 3.05) is 11.5 Å². The first kappa shape index (κ1) is 20.0. The Kier molecular flexibility index (Phi) is 4.78. The molecule has 0 spiro atoms. The van der Waals surface area contributed by atoms with Crippen LogP contribution in [0.15, 0.2) is 72.3 Å². The monoisotopic (exact) mass is 429 g/mol. The van der Waals surface area contributed by atoms with Crippen LogP contribution in [-0.4, -0.2) is 23.4 Å². The topological polar surface area (TPSA) is 66.8 Å². The molecule has 0 aliphatic carbocycles.